The van der Waals surface area contributed by atoms with Crippen LogP contribution in [0.1, 0.15) is 41.0 Å². The van der Waals surface area contributed by atoms with Gasteiger partial charge in [-0.3, -0.25) is 4.79 Å². The molecule has 9 heteroatoms. The second kappa shape index (κ2) is 9.86. The molecule has 28 heavy (non-hydrogen) atoms. The van der Waals surface area contributed by atoms with Gasteiger partial charge in [0.2, 0.25) is 5.91 Å². The fraction of sp³-hybridized carbons (Fsp3) is 0.526. The van der Waals surface area contributed by atoms with Crippen molar-refractivity contribution in [1.82, 2.24) is 10.6 Å². The van der Waals surface area contributed by atoms with Crippen molar-refractivity contribution in [2.75, 3.05) is 5.32 Å². The summed E-state index contributed by atoms with van der Waals surface area (Å²) in [6.07, 6.45) is 0.290. The zero-order chi connectivity index (χ0) is 21.6. The molecule has 0 aliphatic heterocycles. The van der Waals surface area contributed by atoms with Gasteiger partial charge in [-0.1, -0.05) is 50.5 Å². The van der Waals surface area contributed by atoms with Crippen LogP contribution in [0.4, 0.5) is 14.9 Å². The summed E-state index contributed by atoms with van der Waals surface area (Å²) in [7, 11) is 0. The fourth-order valence-electron chi connectivity index (χ4n) is 2.50. The molecule has 0 aromatic heterocycles. The number of urea groups is 1. The zero-order valence-corrected chi connectivity index (χ0v) is 18.2. The number of rotatable bonds is 7. The SMILES string of the molecule is CC(C)CC(NC(=O)Nc1ccc(Br)cc1F)C(=O)NC(C(=O)O)C(C)(C)C. The lowest BCUT2D eigenvalue weighted by Gasteiger charge is -2.30. The van der Waals surface area contributed by atoms with Crippen molar-refractivity contribution >= 4 is 39.5 Å². The number of carboxylic acid groups (broad SMARTS) is 1. The predicted octanol–water partition coefficient (Wildman–Crippen LogP) is 3.74. The number of carbonyl (C=O) groups is 3. The molecule has 0 radical (unpaired) electrons. The van der Waals surface area contributed by atoms with Gasteiger partial charge in [-0.2, -0.15) is 0 Å². The summed E-state index contributed by atoms with van der Waals surface area (Å²) < 4.78 is 14.4. The molecule has 2 atom stereocenters. The quantitative estimate of drug-likeness (QED) is 0.497. The van der Waals surface area contributed by atoms with E-state index in [1.54, 1.807) is 26.8 Å². The van der Waals surface area contributed by atoms with E-state index in [4.69, 9.17) is 0 Å². The number of anilines is 1. The molecule has 0 fully saturated rings. The maximum Gasteiger partial charge on any atom is 0.326 e. The van der Waals surface area contributed by atoms with Crippen molar-refractivity contribution in [1.29, 1.82) is 0 Å². The standard InChI is InChI=1S/C19H27BrFN3O4/c1-10(2)8-14(16(25)24-15(17(26)27)19(3,4)5)23-18(28)22-13-7-6-11(20)9-12(13)21/h6-7,9-10,14-15H,8H2,1-5H3,(H,24,25)(H,26,27)(H2,22,23,28). The van der Waals surface area contributed by atoms with Gasteiger partial charge in [0.1, 0.15) is 17.9 Å². The number of halogens is 2. The first-order valence-corrected chi connectivity index (χ1v) is 9.66. The third-order valence-corrected chi connectivity index (χ3v) is 4.40. The van der Waals surface area contributed by atoms with Crippen LogP contribution < -0.4 is 16.0 Å². The minimum atomic E-state index is -1.16. The molecule has 0 saturated carbocycles. The van der Waals surface area contributed by atoms with Crippen molar-refractivity contribution in [3.05, 3.63) is 28.5 Å². The van der Waals surface area contributed by atoms with E-state index in [0.29, 0.717) is 10.9 Å². The molecular formula is C19H27BrFN3O4. The van der Waals surface area contributed by atoms with E-state index in [1.165, 1.54) is 12.1 Å². The molecule has 0 spiro atoms. The fourth-order valence-corrected chi connectivity index (χ4v) is 2.84. The highest BCUT2D eigenvalue weighted by Crippen LogP contribution is 2.21. The molecule has 1 rings (SSSR count). The number of amides is 3. The summed E-state index contributed by atoms with van der Waals surface area (Å²) in [5.41, 5.74) is -0.755. The lowest BCUT2D eigenvalue weighted by atomic mass is 9.86. The summed E-state index contributed by atoms with van der Waals surface area (Å²) in [5, 5.41) is 16.7. The third kappa shape index (κ3) is 7.46. The van der Waals surface area contributed by atoms with Crippen molar-refractivity contribution in [2.45, 2.75) is 53.1 Å². The van der Waals surface area contributed by atoms with E-state index in [1.807, 2.05) is 13.8 Å². The number of carboxylic acids is 1. The molecule has 0 bridgehead atoms. The minimum Gasteiger partial charge on any atom is -0.480 e. The largest absolute Gasteiger partial charge is 0.480 e. The van der Waals surface area contributed by atoms with Gasteiger partial charge in [-0.25, -0.2) is 14.0 Å². The maximum atomic E-state index is 13.9. The Hall–Kier alpha value is -2.16. The maximum absolute atomic E-state index is 13.9. The van der Waals surface area contributed by atoms with Gasteiger partial charge in [0.15, 0.2) is 0 Å². The zero-order valence-electron chi connectivity index (χ0n) is 16.6. The number of hydrogen-bond acceptors (Lipinski definition) is 3. The Morgan fingerprint density at radius 1 is 1.18 bits per heavy atom. The first kappa shape index (κ1) is 23.9. The van der Waals surface area contributed by atoms with Crippen molar-refractivity contribution in [3.8, 4) is 0 Å². The van der Waals surface area contributed by atoms with Gasteiger partial charge in [0.05, 0.1) is 5.69 Å². The summed E-state index contributed by atoms with van der Waals surface area (Å²) in [5.74, 6) is -2.35. The monoisotopic (exact) mass is 459 g/mol. The number of benzene rings is 1. The van der Waals surface area contributed by atoms with Gasteiger partial charge in [0.25, 0.3) is 0 Å². The van der Waals surface area contributed by atoms with Gasteiger partial charge in [0, 0.05) is 4.47 Å². The highest BCUT2D eigenvalue weighted by molar-refractivity contribution is 9.10. The minimum absolute atomic E-state index is 0.0393. The average molecular weight is 460 g/mol. The van der Waals surface area contributed by atoms with E-state index in [9.17, 15) is 23.9 Å². The molecule has 7 nitrogen and oxygen atoms in total. The van der Waals surface area contributed by atoms with E-state index in [-0.39, 0.29) is 11.6 Å². The van der Waals surface area contributed by atoms with Crippen LogP contribution in [0, 0.1) is 17.2 Å². The molecule has 3 amide bonds. The molecular weight excluding hydrogens is 433 g/mol. The highest BCUT2D eigenvalue weighted by atomic mass is 79.9. The third-order valence-electron chi connectivity index (χ3n) is 3.91. The molecule has 2 unspecified atom stereocenters. The second-order valence-corrected chi connectivity index (χ2v) is 8.97. The Morgan fingerprint density at radius 2 is 1.79 bits per heavy atom. The Balaban J connectivity index is 2.90. The van der Waals surface area contributed by atoms with E-state index >= 15 is 0 Å². The average Bonchev–Trinajstić information content (AvgIpc) is 2.52. The van der Waals surface area contributed by atoms with E-state index < -0.39 is 41.2 Å². The van der Waals surface area contributed by atoms with E-state index in [2.05, 4.69) is 31.9 Å². The van der Waals surface area contributed by atoms with Crippen LogP contribution in [0.2, 0.25) is 0 Å². The van der Waals surface area contributed by atoms with Crippen molar-refractivity contribution < 1.29 is 23.9 Å². The van der Waals surface area contributed by atoms with E-state index in [0.717, 1.165) is 0 Å². The van der Waals surface area contributed by atoms with Crippen LogP contribution in [-0.4, -0.2) is 35.1 Å². The van der Waals surface area contributed by atoms with Crippen LogP contribution in [0.5, 0.6) is 0 Å². The topological polar surface area (TPSA) is 108 Å². The van der Waals surface area contributed by atoms with Crippen LogP contribution >= 0.6 is 15.9 Å². The van der Waals surface area contributed by atoms with Gasteiger partial charge in [-0.05, 0) is 36.0 Å². The van der Waals surface area contributed by atoms with Crippen LogP contribution in [0.25, 0.3) is 0 Å². The molecule has 0 aliphatic rings. The molecule has 0 heterocycles. The number of aliphatic carboxylic acids is 1. The molecule has 4 N–H and O–H groups in total. The summed E-state index contributed by atoms with van der Waals surface area (Å²) in [4.78, 5) is 36.4. The first-order valence-electron chi connectivity index (χ1n) is 8.87. The predicted molar refractivity (Wildman–Crippen MR) is 109 cm³/mol. The lowest BCUT2D eigenvalue weighted by molar-refractivity contribution is -0.145. The summed E-state index contributed by atoms with van der Waals surface area (Å²) in [6, 6.07) is 1.30. The Morgan fingerprint density at radius 3 is 2.25 bits per heavy atom. The van der Waals surface area contributed by atoms with Crippen molar-refractivity contribution in [2.24, 2.45) is 11.3 Å². The Kier molecular flexibility index (Phi) is 8.41. The molecule has 0 aliphatic carbocycles. The van der Waals surface area contributed by atoms with Gasteiger partial charge >= 0.3 is 12.0 Å². The number of hydrogen-bond donors (Lipinski definition) is 4. The summed E-state index contributed by atoms with van der Waals surface area (Å²) in [6.45, 7) is 8.82. The first-order chi connectivity index (χ1) is 12.8. The number of nitrogens with one attached hydrogen (secondary N) is 3. The molecule has 0 saturated heterocycles. The highest BCUT2D eigenvalue weighted by Gasteiger charge is 2.35. The van der Waals surface area contributed by atoms with Crippen LogP contribution in [-0.2, 0) is 9.59 Å². The molecule has 1 aromatic rings. The van der Waals surface area contributed by atoms with Crippen LogP contribution in [0.3, 0.4) is 0 Å². The second-order valence-electron chi connectivity index (χ2n) is 8.05. The van der Waals surface area contributed by atoms with Gasteiger partial charge < -0.3 is 21.1 Å². The molecule has 1 aromatic carbocycles. The lowest BCUT2D eigenvalue weighted by Crippen LogP contribution is -2.56. The summed E-state index contributed by atoms with van der Waals surface area (Å²) >= 11 is 3.13. The molecule has 156 valence electrons. The smallest absolute Gasteiger partial charge is 0.326 e. The Labute approximate surface area is 172 Å². The van der Waals surface area contributed by atoms with Crippen LogP contribution in [0.15, 0.2) is 22.7 Å². The normalized spacial score (nSPS) is 13.6. The van der Waals surface area contributed by atoms with Crippen molar-refractivity contribution in [3.63, 3.8) is 0 Å². The Bertz CT molecular complexity index is 734. The number of carbonyl (C=O) groups excluding carboxylic acids is 2. The van der Waals surface area contributed by atoms with Gasteiger partial charge in [-0.15, -0.1) is 0 Å².